The van der Waals surface area contributed by atoms with E-state index in [-0.39, 0.29) is 18.1 Å². The molecule has 1 N–H and O–H groups in total. The van der Waals surface area contributed by atoms with Crippen LogP contribution in [0.25, 0.3) is 5.65 Å². The summed E-state index contributed by atoms with van der Waals surface area (Å²) >= 11 is 0. The summed E-state index contributed by atoms with van der Waals surface area (Å²) in [6.45, 7) is 4.00. The Kier molecular flexibility index (Phi) is 5.30. The molecular weight excluding hydrogens is 378 g/mol. The summed E-state index contributed by atoms with van der Waals surface area (Å²) in [5.41, 5.74) is 4.16. The van der Waals surface area contributed by atoms with Crippen molar-refractivity contribution in [3.8, 4) is 5.75 Å². The lowest BCUT2D eigenvalue weighted by Crippen LogP contribution is -2.16. The van der Waals surface area contributed by atoms with Crippen LogP contribution in [0.15, 0.2) is 77.7 Å². The predicted molar refractivity (Wildman–Crippen MR) is 116 cm³/mol. The van der Waals surface area contributed by atoms with Crippen LogP contribution in [0.1, 0.15) is 27.2 Å². The van der Waals surface area contributed by atoms with Crippen LogP contribution in [-0.2, 0) is 6.61 Å². The molecule has 30 heavy (non-hydrogen) atoms. The summed E-state index contributed by atoms with van der Waals surface area (Å²) in [5, 5.41) is 2.89. The molecule has 0 unspecified atom stereocenters. The average molecular weight is 399 g/mol. The summed E-state index contributed by atoms with van der Waals surface area (Å²) in [6.07, 6.45) is 1.71. The highest BCUT2D eigenvalue weighted by Gasteiger charge is 2.09. The normalized spacial score (nSPS) is 10.7. The molecule has 0 aliphatic rings. The number of hydrogen-bond acceptors (Lipinski definition) is 4. The zero-order valence-corrected chi connectivity index (χ0v) is 16.8. The van der Waals surface area contributed by atoms with Gasteiger partial charge in [0.05, 0.1) is 5.69 Å². The molecule has 0 radical (unpaired) electrons. The molecule has 0 saturated heterocycles. The van der Waals surface area contributed by atoms with Gasteiger partial charge >= 0.3 is 0 Å². The molecule has 6 nitrogen and oxygen atoms in total. The van der Waals surface area contributed by atoms with Gasteiger partial charge in [0.1, 0.15) is 18.0 Å². The van der Waals surface area contributed by atoms with Crippen LogP contribution in [0, 0.1) is 13.8 Å². The first kappa shape index (κ1) is 19.4. The molecular formula is C24H21N3O3. The van der Waals surface area contributed by atoms with Gasteiger partial charge in [-0.25, -0.2) is 4.98 Å². The number of anilines is 1. The Morgan fingerprint density at radius 3 is 2.70 bits per heavy atom. The Morgan fingerprint density at radius 2 is 1.87 bits per heavy atom. The van der Waals surface area contributed by atoms with E-state index < -0.39 is 0 Å². The molecule has 0 saturated carbocycles. The van der Waals surface area contributed by atoms with E-state index in [4.69, 9.17) is 4.74 Å². The Hall–Kier alpha value is -3.93. The van der Waals surface area contributed by atoms with Crippen molar-refractivity contribution in [1.29, 1.82) is 0 Å². The van der Waals surface area contributed by atoms with E-state index in [9.17, 15) is 9.59 Å². The number of hydrogen-bond donors (Lipinski definition) is 1. The van der Waals surface area contributed by atoms with Crippen LogP contribution in [0.5, 0.6) is 5.75 Å². The van der Waals surface area contributed by atoms with Crippen LogP contribution in [0.3, 0.4) is 0 Å². The van der Waals surface area contributed by atoms with Crippen molar-refractivity contribution in [2.45, 2.75) is 20.5 Å². The van der Waals surface area contributed by atoms with E-state index in [1.807, 2.05) is 44.2 Å². The molecule has 4 rings (SSSR count). The van der Waals surface area contributed by atoms with E-state index in [1.165, 1.54) is 10.5 Å². The molecule has 6 heteroatoms. The fourth-order valence-corrected chi connectivity index (χ4v) is 3.17. The number of fused-ring (bicyclic) bond motifs is 1. The van der Waals surface area contributed by atoms with E-state index >= 15 is 0 Å². The monoisotopic (exact) mass is 399 g/mol. The molecule has 2 aromatic heterocycles. The fourth-order valence-electron chi connectivity index (χ4n) is 3.17. The number of rotatable bonds is 5. The molecule has 2 aromatic carbocycles. The van der Waals surface area contributed by atoms with E-state index in [2.05, 4.69) is 10.3 Å². The van der Waals surface area contributed by atoms with Crippen molar-refractivity contribution in [2.75, 3.05) is 5.32 Å². The van der Waals surface area contributed by atoms with Crippen LogP contribution >= 0.6 is 0 Å². The number of aryl methyl sites for hydroxylation is 2. The van der Waals surface area contributed by atoms with Gasteiger partial charge in [-0.3, -0.25) is 14.0 Å². The number of ether oxygens (including phenoxy) is 1. The largest absolute Gasteiger partial charge is 0.487 e. The first-order valence-corrected chi connectivity index (χ1v) is 9.58. The van der Waals surface area contributed by atoms with Crippen LogP contribution in [-0.4, -0.2) is 15.3 Å². The molecule has 0 fully saturated rings. The third-order valence-electron chi connectivity index (χ3n) is 4.74. The smallest absolute Gasteiger partial charge is 0.258 e. The number of amides is 1. The van der Waals surface area contributed by atoms with Crippen LogP contribution < -0.4 is 15.6 Å². The Bertz CT molecular complexity index is 1290. The third-order valence-corrected chi connectivity index (χ3v) is 4.74. The summed E-state index contributed by atoms with van der Waals surface area (Å²) in [7, 11) is 0. The van der Waals surface area contributed by atoms with E-state index in [1.54, 1.807) is 36.5 Å². The predicted octanol–water partition coefficient (Wildman–Crippen LogP) is 4.14. The SMILES string of the molecule is Cc1ccn2c(=O)cc(COc3cccc(NC(=O)c4ccccc4C)c3)nc2c1. The first-order chi connectivity index (χ1) is 14.5. The Labute approximate surface area is 173 Å². The second-order valence-electron chi connectivity index (χ2n) is 7.10. The number of aromatic nitrogens is 2. The van der Waals surface area contributed by atoms with Gasteiger partial charge in [0.15, 0.2) is 0 Å². The lowest BCUT2D eigenvalue weighted by atomic mass is 10.1. The Morgan fingerprint density at radius 1 is 1.03 bits per heavy atom. The second kappa shape index (κ2) is 8.21. The van der Waals surface area contributed by atoms with Crippen molar-refractivity contribution in [3.05, 3.63) is 106 Å². The third kappa shape index (κ3) is 4.22. The topological polar surface area (TPSA) is 72.7 Å². The summed E-state index contributed by atoms with van der Waals surface area (Å²) in [6, 6.07) is 19.7. The van der Waals surface area contributed by atoms with Gasteiger partial charge in [0.25, 0.3) is 11.5 Å². The molecule has 0 aliphatic carbocycles. The summed E-state index contributed by atoms with van der Waals surface area (Å²) in [5.74, 6) is 0.397. The standard InChI is InChI=1S/C24H21N3O3/c1-16-10-11-27-22(12-16)25-19(14-23(27)28)15-30-20-8-5-7-18(13-20)26-24(29)21-9-4-3-6-17(21)2/h3-14H,15H2,1-2H3,(H,26,29). The summed E-state index contributed by atoms with van der Waals surface area (Å²) < 4.78 is 7.31. The van der Waals surface area contributed by atoms with Gasteiger partial charge in [0, 0.05) is 29.6 Å². The van der Waals surface area contributed by atoms with E-state index in [0.717, 1.165) is 11.1 Å². The van der Waals surface area contributed by atoms with Crippen LogP contribution in [0.4, 0.5) is 5.69 Å². The van der Waals surface area contributed by atoms with E-state index in [0.29, 0.717) is 28.3 Å². The lowest BCUT2D eigenvalue weighted by Gasteiger charge is -2.10. The maximum absolute atomic E-state index is 12.5. The lowest BCUT2D eigenvalue weighted by molar-refractivity contribution is 0.102. The number of nitrogens with zero attached hydrogens (tertiary/aromatic N) is 2. The van der Waals surface area contributed by atoms with Crippen molar-refractivity contribution in [3.63, 3.8) is 0 Å². The number of benzene rings is 2. The minimum atomic E-state index is -0.176. The molecule has 0 spiro atoms. The number of nitrogens with one attached hydrogen (secondary N) is 1. The first-order valence-electron chi connectivity index (χ1n) is 9.58. The molecule has 0 aliphatic heterocycles. The van der Waals surface area contributed by atoms with Gasteiger partial charge in [-0.1, -0.05) is 24.3 Å². The van der Waals surface area contributed by atoms with Crippen molar-refractivity contribution >= 4 is 17.2 Å². The number of carbonyl (C=O) groups is 1. The minimum Gasteiger partial charge on any atom is -0.487 e. The van der Waals surface area contributed by atoms with Crippen LogP contribution in [0.2, 0.25) is 0 Å². The van der Waals surface area contributed by atoms with Gasteiger partial charge < -0.3 is 10.1 Å². The zero-order chi connectivity index (χ0) is 21.1. The highest BCUT2D eigenvalue weighted by molar-refractivity contribution is 6.05. The fraction of sp³-hybridized carbons (Fsp3) is 0.125. The quantitative estimate of drug-likeness (QED) is 0.547. The van der Waals surface area contributed by atoms with Gasteiger partial charge in [-0.05, 0) is 55.3 Å². The second-order valence-corrected chi connectivity index (χ2v) is 7.10. The number of carbonyl (C=O) groups excluding carboxylic acids is 1. The van der Waals surface area contributed by atoms with Gasteiger partial charge in [-0.15, -0.1) is 0 Å². The average Bonchev–Trinajstić information content (AvgIpc) is 2.72. The van der Waals surface area contributed by atoms with Gasteiger partial charge in [-0.2, -0.15) is 0 Å². The molecule has 1 amide bonds. The highest BCUT2D eigenvalue weighted by atomic mass is 16.5. The highest BCUT2D eigenvalue weighted by Crippen LogP contribution is 2.20. The number of pyridine rings is 1. The minimum absolute atomic E-state index is 0.148. The molecule has 0 atom stereocenters. The van der Waals surface area contributed by atoms with Crippen molar-refractivity contribution in [2.24, 2.45) is 0 Å². The van der Waals surface area contributed by atoms with Crippen molar-refractivity contribution < 1.29 is 9.53 Å². The molecule has 0 bridgehead atoms. The molecule has 2 heterocycles. The molecule has 150 valence electrons. The summed E-state index contributed by atoms with van der Waals surface area (Å²) in [4.78, 5) is 29.3. The Balaban J connectivity index is 1.49. The maximum Gasteiger partial charge on any atom is 0.258 e. The van der Waals surface area contributed by atoms with Gasteiger partial charge in [0.2, 0.25) is 0 Å². The zero-order valence-electron chi connectivity index (χ0n) is 16.8. The van der Waals surface area contributed by atoms with Crippen molar-refractivity contribution in [1.82, 2.24) is 9.38 Å². The maximum atomic E-state index is 12.5. The molecule has 4 aromatic rings.